The van der Waals surface area contributed by atoms with Crippen LogP contribution >= 0.6 is 11.6 Å². The fourth-order valence-corrected chi connectivity index (χ4v) is 5.21. The number of allylic oxidation sites excluding steroid dienone is 2. The Morgan fingerprint density at radius 3 is 2.54 bits per heavy atom. The number of nitrogens with two attached hydrogens (primary N) is 1. The normalized spacial score (nSPS) is 29.6. The van der Waals surface area contributed by atoms with E-state index in [1.165, 1.54) is 6.08 Å². The molecule has 1 heterocycles. The minimum atomic E-state index is -4.56. The van der Waals surface area contributed by atoms with E-state index in [2.05, 4.69) is 4.98 Å². The van der Waals surface area contributed by atoms with E-state index in [1.54, 1.807) is 11.7 Å². The number of rotatable bonds is 4. The van der Waals surface area contributed by atoms with Crippen LogP contribution in [0.3, 0.4) is 0 Å². The minimum Gasteiger partial charge on any atom is -0.380 e. The van der Waals surface area contributed by atoms with Crippen LogP contribution in [-0.2, 0) is 20.9 Å². The molecule has 4 unspecified atom stereocenters. The first-order chi connectivity index (χ1) is 13.0. The van der Waals surface area contributed by atoms with E-state index in [4.69, 9.17) is 21.5 Å². The zero-order valence-corrected chi connectivity index (χ0v) is 16.9. The Morgan fingerprint density at radius 2 is 2.04 bits per heavy atom. The van der Waals surface area contributed by atoms with Gasteiger partial charge in [0.2, 0.25) is 10.0 Å². The summed E-state index contributed by atoms with van der Waals surface area (Å²) in [6.07, 6.45) is 0.429. The summed E-state index contributed by atoms with van der Waals surface area (Å²) in [5.41, 5.74) is -0.941. The topological polar surface area (TPSA) is 87.2 Å². The van der Waals surface area contributed by atoms with Crippen LogP contribution in [0, 0.1) is 0 Å². The molecule has 2 N–H and O–H groups in total. The summed E-state index contributed by atoms with van der Waals surface area (Å²) in [5.74, 6) is 0.138. The lowest BCUT2D eigenvalue weighted by molar-refractivity contribution is -0.141. The van der Waals surface area contributed by atoms with Crippen LogP contribution in [-0.4, -0.2) is 36.6 Å². The summed E-state index contributed by atoms with van der Waals surface area (Å²) in [4.78, 5) is 4.04. The van der Waals surface area contributed by atoms with Crippen molar-refractivity contribution in [3.8, 4) is 0 Å². The van der Waals surface area contributed by atoms with E-state index in [1.807, 2.05) is 0 Å². The van der Waals surface area contributed by atoms with Gasteiger partial charge in [0, 0.05) is 25.3 Å². The highest BCUT2D eigenvalue weighted by Gasteiger charge is 2.39. The molecule has 11 heteroatoms. The molecule has 1 saturated carbocycles. The third-order valence-corrected chi connectivity index (χ3v) is 7.09. The molecule has 6 nitrogen and oxygen atoms in total. The average molecular weight is 442 g/mol. The molecule has 0 amide bonds. The first-order valence-electron chi connectivity index (χ1n) is 9.05. The molecule has 0 bridgehead atoms. The standard InChI is InChI=1S/C17H23ClF3N3O3S/c1-27-14-7-2-10(8-13(14)18)16-23-15(17(19,20)21)9-24(16)11-3-5-12(6-4-11)28(22,25)26/h5,9-11,13-14H,2-4,6-8H2,1H3,(H2,22,25,26). The van der Waals surface area contributed by atoms with Crippen LogP contribution in [0.5, 0.6) is 0 Å². The summed E-state index contributed by atoms with van der Waals surface area (Å²) in [6.45, 7) is 0. The molecule has 0 saturated heterocycles. The maximum absolute atomic E-state index is 13.3. The highest BCUT2D eigenvalue weighted by molar-refractivity contribution is 7.93. The highest BCUT2D eigenvalue weighted by atomic mass is 35.5. The number of ether oxygens (including phenoxy) is 1. The molecule has 0 aromatic carbocycles. The van der Waals surface area contributed by atoms with Gasteiger partial charge in [-0.15, -0.1) is 11.6 Å². The first kappa shape index (κ1) is 21.6. The van der Waals surface area contributed by atoms with Gasteiger partial charge in [0.1, 0.15) is 5.82 Å². The van der Waals surface area contributed by atoms with E-state index in [9.17, 15) is 21.6 Å². The van der Waals surface area contributed by atoms with Crippen LogP contribution in [0.1, 0.15) is 62.0 Å². The van der Waals surface area contributed by atoms with Gasteiger partial charge in [0.05, 0.1) is 16.4 Å². The Kier molecular flexibility index (Phi) is 6.15. The Hall–Kier alpha value is -1.10. The number of imidazole rings is 1. The zero-order chi connectivity index (χ0) is 20.7. The Morgan fingerprint density at radius 1 is 1.32 bits per heavy atom. The second kappa shape index (κ2) is 7.97. The molecule has 0 aliphatic heterocycles. The molecule has 2 aliphatic carbocycles. The number of nitrogens with zero attached hydrogens (tertiary/aromatic N) is 2. The molecule has 3 rings (SSSR count). The predicted octanol–water partition coefficient (Wildman–Crippen LogP) is 3.69. The summed E-state index contributed by atoms with van der Waals surface area (Å²) >= 11 is 6.36. The van der Waals surface area contributed by atoms with Crippen molar-refractivity contribution < 1.29 is 26.3 Å². The van der Waals surface area contributed by atoms with E-state index in [-0.39, 0.29) is 41.2 Å². The molecule has 2 aliphatic rings. The van der Waals surface area contributed by atoms with Crippen LogP contribution in [0.4, 0.5) is 13.2 Å². The molecule has 0 radical (unpaired) electrons. The molecule has 4 atom stereocenters. The number of alkyl halides is 4. The van der Waals surface area contributed by atoms with Gasteiger partial charge in [0.25, 0.3) is 0 Å². The van der Waals surface area contributed by atoms with Crippen molar-refractivity contribution in [2.45, 2.75) is 68.1 Å². The monoisotopic (exact) mass is 441 g/mol. The quantitative estimate of drug-likeness (QED) is 0.722. The lowest BCUT2D eigenvalue weighted by Crippen LogP contribution is -2.32. The number of hydrogen-bond acceptors (Lipinski definition) is 4. The summed E-state index contributed by atoms with van der Waals surface area (Å²) in [6, 6.07) is -0.307. The maximum atomic E-state index is 13.3. The van der Waals surface area contributed by atoms with Crippen LogP contribution in [0.15, 0.2) is 17.2 Å². The number of hydrogen-bond donors (Lipinski definition) is 1. The van der Waals surface area contributed by atoms with Gasteiger partial charge in [-0.2, -0.15) is 13.2 Å². The van der Waals surface area contributed by atoms with Crippen molar-refractivity contribution in [3.63, 3.8) is 0 Å². The first-order valence-corrected chi connectivity index (χ1v) is 11.0. The van der Waals surface area contributed by atoms with Gasteiger partial charge >= 0.3 is 6.18 Å². The third kappa shape index (κ3) is 4.55. The van der Waals surface area contributed by atoms with Gasteiger partial charge in [-0.05, 0) is 38.5 Å². The van der Waals surface area contributed by atoms with Crippen molar-refractivity contribution in [2.75, 3.05) is 7.11 Å². The number of sulfonamides is 1. The minimum absolute atomic E-state index is 0.127. The number of halogens is 4. The van der Waals surface area contributed by atoms with E-state index >= 15 is 0 Å². The lowest BCUT2D eigenvalue weighted by Gasteiger charge is -2.33. The Labute approximate surface area is 166 Å². The number of methoxy groups -OCH3 is 1. The summed E-state index contributed by atoms with van der Waals surface area (Å²) < 4.78 is 69.8. The van der Waals surface area contributed by atoms with Crippen molar-refractivity contribution in [1.82, 2.24) is 9.55 Å². The lowest BCUT2D eigenvalue weighted by atomic mass is 9.86. The molecule has 1 fully saturated rings. The number of primary sulfonamides is 1. The van der Waals surface area contributed by atoms with Gasteiger partial charge in [-0.25, -0.2) is 18.5 Å². The van der Waals surface area contributed by atoms with E-state index < -0.39 is 21.9 Å². The van der Waals surface area contributed by atoms with Crippen LogP contribution in [0.25, 0.3) is 0 Å². The Balaban J connectivity index is 1.91. The van der Waals surface area contributed by atoms with E-state index in [0.717, 1.165) is 6.20 Å². The van der Waals surface area contributed by atoms with Crippen LogP contribution < -0.4 is 5.14 Å². The summed E-state index contributed by atoms with van der Waals surface area (Å²) in [7, 11) is -2.20. The summed E-state index contributed by atoms with van der Waals surface area (Å²) in [5, 5.41) is 4.85. The third-order valence-electron chi connectivity index (χ3n) is 5.53. The van der Waals surface area contributed by atoms with Crippen molar-refractivity contribution in [2.24, 2.45) is 5.14 Å². The van der Waals surface area contributed by atoms with Crippen LogP contribution in [0.2, 0.25) is 0 Å². The fraction of sp³-hybridized carbons (Fsp3) is 0.706. The molecule has 1 aromatic rings. The zero-order valence-electron chi connectivity index (χ0n) is 15.3. The SMILES string of the molecule is COC1CCC(c2nc(C(F)(F)F)cn2C2CC=C(S(N)(=O)=O)CC2)CC1Cl. The highest BCUT2D eigenvalue weighted by Crippen LogP contribution is 2.41. The molecular weight excluding hydrogens is 419 g/mol. The molecular formula is C17H23ClF3N3O3S. The molecule has 158 valence electrons. The van der Waals surface area contributed by atoms with Crippen molar-refractivity contribution in [3.05, 3.63) is 28.7 Å². The fourth-order valence-electron chi connectivity index (χ4n) is 4.03. The van der Waals surface area contributed by atoms with Gasteiger partial charge in [-0.3, -0.25) is 0 Å². The predicted molar refractivity (Wildman–Crippen MR) is 98.3 cm³/mol. The Bertz CT molecular complexity index is 854. The van der Waals surface area contributed by atoms with Crippen molar-refractivity contribution in [1.29, 1.82) is 0 Å². The molecule has 28 heavy (non-hydrogen) atoms. The van der Waals surface area contributed by atoms with Crippen molar-refractivity contribution >= 4 is 21.6 Å². The number of aromatic nitrogens is 2. The van der Waals surface area contributed by atoms with Gasteiger partial charge in [0.15, 0.2) is 5.69 Å². The average Bonchev–Trinajstić information content (AvgIpc) is 3.07. The van der Waals surface area contributed by atoms with Gasteiger partial charge in [-0.1, -0.05) is 6.08 Å². The van der Waals surface area contributed by atoms with E-state index in [0.29, 0.717) is 31.5 Å². The smallest absolute Gasteiger partial charge is 0.380 e. The second-order valence-electron chi connectivity index (χ2n) is 7.33. The largest absolute Gasteiger partial charge is 0.434 e. The molecule has 0 spiro atoms. The second-order valence-corrected chi connectivity index (χ2v) is 9.51. The molecule has 1 aromatic heterocycles. The maximum Gasteiger partial charge on any atom is 0.434 e. The van der Waals surface area contributed by atoms with Gasteiger partial charge < -0.3 is 9.30 Å².